The summed E-state index contributed by atoms with van der Waals surface area (Å²) in [5.74, 6) is -0.676. The van der Waals surface area contributed by atoms with E-state index in [1.165, 1.54) is 11.3 Å². The van der Waals surface area contributed by atoms with Crippen LogP contribution in [-0.2, 0) is 9.53 Å². The second kappa shape index (κ2) is 7.98. The molecular formula is C21H21N3O3S. The Labute approximate surface area is 167 Å². The summed E-state index contributed by atoms with van der Waals surface area (Å²) in [6.07, 6.45) is 2.85. The largest absolute Gasteiger partial charge is 0.449 e. The summed E-state index contributed by atoms with van der Waals surface area (Å²) in [7, 11) is 0. The second-order valence-electron chi connectivity index (χ2n) is 6.73. The number of esters is 1. The monoisotopic (exact) mass is 395 g/mol. The van der Waals surface area contributed by atoms with Crippen LogP contribution in [0, 0.1) is 0 Å². The van der Waals surface area contributed by atoms with Gasteiger partial charge in [-0.15, -0.1) is 11.3 Å². The van der Waals surface area contributed by atoms with Crippen LogP contribution in [0.1, 0.15) is 30.1 Å². The summed E-state index contributed by atoms with van der Waals surface area (Å²) in [6.45, 7) is 3.09. The van der Waals surface area contributed by atoms with Crippen molar-refractivity contribution in [3.63, 3.8) is 0 Å². The van der Waals surface area contributed by atoms with Gasteiger partial charge in [0.2, 0.25) is 0 Å². The van der Waals surface area contributed by atoms with Gasteiger partial charge in [0.05, 0.1) is 10.6 Å². The van der Waals surface area contributed by atoms with E-state index in [4.69, 9.17) is 4.74 Å². The van der Waals surface area contributed by atoms with Crippen molar-refractivity contribution < 1.29 is 14.3 Å². The molecule has 0 aliphatic carbocycles. The number of likely N-dealkylation sites (tertiary alicyclic amines) is 1. The molecule has 7 heteroatoms. The van der Waals surface area contributed by atoms with Crippen LogP contribution in [0.5, 0.6) is 0 Å². The number of carbonyl (C=O) groups is 2. The Morgan fingerprint density at radius 2 is 1.86 bits per heavy atom. The summed E-state index contributed by atoms with van der Waals surface area (Å²) in [4.78, 5) is 28.0. The third kappa shape index (κ3) is 3.71. The minimum atomic E-state index is -0.818. The lowest BCUT2D eigenvalue weighted by Gasteiger charge is -2.20. The van der Waals surface area contributed by atoms with Crippen molar-refractivity contribution in [2.45, 2.75) is 25.9 Å². The van der Waals surface area contributed by atoms with Gasteiger partial charge >= 0.3 is 5.97 Å². The molecule has 1 saturated heterocycles. The number of aromatic nitrogens is 2. The van der Waals surface area contributed by atoms with Gasteiger partial charge in [0.1, 0.15) is 11.3 Å². The number of carbonyl (C=O) groups excluding carboxylic acids is 2. The van der Waals surface area contributed by atoms with E-state index in [2.05, 4.69) is 5.10 Å². The van der Waals surface area contributed by atoms with Crippen LogP contribution in [0.25, 0.3) is 16.3 Å². The van der Waals surface area contributed by atoms with Crippen LogP contribution in [-0.4, -0.2) is 45.8 Å². The number of hydrogen-bond acceptors (Lipinski definition) is 5. The number of nitrogens with zero attached hydrogens (tertiary/aromatic N) is 3. The number of benzene rings is 1. The maximum absolute atomic E-state index is 12.9. The van der Waals surface area contributed by atoms with E-state index in [0.717, 1.165) is 36.5 Å². The molecule has 0 bridgehead atoms. The molecule has 0 spiro atoms. The molecule has 3 heterocycles. The maximum Gasteiger partial charge on any atom is 0.342 e. The third-order valence-electron chi connectivity index (χ3n) is 4.76. The van der Waals surface area contributed by atoms with Gasteiger partial charge in [0, 0.05) is 19.3 Å². The molecule has 1 amide bonds. The zero-order valence-electron chi connectivity index (χ0n) is 15.6. The summed E-state index contributed by atoms with van der Waals surface area (Å²) in [5, 5.41) is 6.54. The predicted octanol–water partition coefficient (Wildman–Crippen LogP) is 3.77. The standard InChI is InChI=1S/C21H21N3O3S/c1-15(20(25)23-11-5-6-12-23)27-21(26)17-14-24(16-8-3-2-4-9-16)22-19(17)18-10-7-13-28-18/h2-4,7-10,13-15H,5-6,11-12H2,1H3/t15-/m0/s1. The molecule has 0 radical (unpaired) electrons. The van der Waals surface area contributed by atoms with Gasteiger partial charge < -0.3 is 9.64 Å². The van der Waals surface area contributed by atoms with Gasteiger partial charge in [-0.25, -0.2) is 9.48 Å². The van der Waals surface area contributed by atoms with E-state index >= 15 is 0 Å². The fourth-order valence-electron chi connectivity index (χ4n) is 3.30. The van der Waals surface area contributed by atoms with Crippen molar-refractivity contribution in [1.82, 2.24) is 14.7 Å². The summed E-state index contributed by atoms with van der Waals surface area (Å²) in [6, 6.07) is 13.4. The van der Waals surface area contributed by atoms with Crippen LogP contribution >= 0.6 is 11.3 Å². The van der Waals surface area contributed by atoms with Crippen molar-refractivity contribution in [1.29, 1.82) is 0 Å². The average Bonchev–Trinajstić information content (AvgIpc) is 3.49. The zero-order chi connectivity index (χ0) is 19.5. The lowest BCUT2D eigenvalue weighted by atomic mass is 10.2. The number of thiophene rings is 1. The molecule has 0 N–H and O–H groups in total. The molecule has 28 heavy (non-hydrogen) atoms. The molecule has 1 fully saturated rings. The molecule has 1 atom stereocenters. The Balaban J connectivity index is 1.61. The van der Waals surface area contributed by atoms with Crippen molar-refractivity contribution in [3.8, 4) is 16.3 Å². The average molecular weight is 395 g/mol. The number of hydrogen-bond donors (Lipinski definition) is 0. The van der Waals surface area contributed by atoms with E-state index in [1.807, 2.05) is 47.8 Å². The number of para-hydroxylation sites is 1. The van der Waals surface area contributed by atoms with Crippen molar-refractivity contribution in [2.75, 3.05) is 13.1 Å². The molecule has 1 aliphatic rings. The van der Waals surface area contributed by atoms with Gasteiger partial charge in [0.15, 0.2) is 6.10 Å². The first-order chi connectivity index (χ1) is 13.6. The van der Waals surface area contributed by atoms with Crippen LogP contribution < -0.4 is 0 Å². The fraction of sp³-hybridized carbons (Fsp3) is 0.286. The topological polar surface area (TPSA) is 64.4 Å². The van der Waals surface area contributed by atoms with Crippen molar-refractivity contribution in [2.24, 2.45) is 0 Å². The molecular weight excluding hydrogens is 374 g/mol. The molecule has 0 saturated carbocycles. The van der Waals surface area contributed by atoms with Gasteiger partial charge in [-0.3, -0.25) is 4.79 Å². The number of amides is 1. The zero-order valence-corrected chi connectivity index (χ0v) is 16.4. The first kappa shape index (κ1) is 18.4. The Morgan fingerprint density at radius 1 is 1.11 bits per heavy atom. The van der Waals surface area contributed by atoms with E-state index in [9.17, 15) is 9.59 Å². The van der Waals surface area contributed by atoms with Crippen molar-refractivity contribution in [3.05, 3.63) is 59.6 Å². The van der Waals surface area contributed by atoms with E-state index < -0.39 is 12.1 Å². The van der Waals surface area contributed by atoms with E-state index in [1.54, 1.807) is 22.7 Å². The quantitative estimate of drug-likeness (QED) is 0.617. The molecule has 0 unspecified atom stereocenters. The Kier molecular flexibility index (Phi) is 5.25. The summed E-state index contributed by atoms with van der Waals surface area (Å²) < 4.78 is 7.18. The summed E-state index contributed by atoms with van der Waals surface area (Å²) >= 11 is 1.50. The highest BCUT2D eigenvalue weighted by Crippen LogP contribution is 2.28. The lowest BCUT2D eigenvalue weighted by molar-refractivity contribution is -0.138. The molecule has 6 nitrogen and oxygen atoms in total. The first-order valence-corrected chi connectivity index (χ1v) is 10.2. The smallest absolute Gasteiger partial charge is 0.342 e. The normalized spacial score (nSPS) is 14.8. The molecule has 1 aliphatic heterocycles. The molecule has 144 valence electrons. The maximum atomic E-state index is 12.9. The third-order valence-corrected chi connectivity index (χ3v) is 5.64. The van der Waals surface area contributed by atoms with E-state index in [-0.39, 0.29) is 5.91 Å². The van der Waals surface area contributed by atoms with Crippen LogP contribution in [0.2, 0.25) is 0 Å². The van der Waals surface area contributed by atoms with Crippen molar-refractivity contribution >= 4 is 23.2 Å². The first-order valence-electron chi connectivity index (χ1n) is 9.32. The van der Waals surface area contributed by atoms with Gasteiger partial charge in [0.25, 0.3) is 5.91 Å². The second-order valence-corrected chi connectivity index (χ2v) is 7.68. The predicted molar refractivity (Wildman–Crippen MR) is 108 cm³/mol. The fourth-order valence-corrected chi connectivity index (χ4v) is 4.02. The molecule has 3 aromatic rings. The summed E-state index contributed by atoms with van der Waals surface area (Å²) in [5.41, 5.74) is 1.76. The highest BCUT2D eigenvalue weighted by molar-refractivity contribution is 7.13. The minimum Gasteiger partial charge on any atom is -0.449 e. The Morgan fingerprint density at radius 3 is 2.54 bits per heavy atom. The highest BCUT2D eigenvalue weighted by Gasteiger charge is 2.28. The Hall–Kier alpha value is -2.93. The van der Waals surface area contributed by atoms with Gasteiger partial charge in [-0.05, 0) is 43.3 Å². The SMILES string of the molecule is C[C@H](OC(=O)c1cn(-c2ccccc2)nc1-c1cccs1)C(=O)N1CCCC1. The number of ether oxygens (including phenoxy) is 1. The lowest BCUT2D eigenvalue weighted by Crippen LogP contribution is -2.38. The van der Waals surface area contributed by atoms with Gasteiger partial charge in [-0.2, -0.15) is 5.10 Å². The Bertz CT molecular complexity index is 960. The molecule has 4 rings (SSSR count). The van der Waals surface area contributed by atoms with Crippen LogP contribution in [0.3, 0.4) is 0 Å². The van der Waals surface area contributed by atoms with Gasteiger partial charge in [-0.1, -0.05) is 24.3 Å². The van der Waals surface area contributed by atoms with Crippen LogP contribution in [0.15, 0.2) is 54.0 Å². The van der Waals surface area contributed by atoms with Crippen LogP contribution in [0.4, 0.5) is 0 Å². The number of rotatable bonds is 5. The van der Waals surface area contributed by atoms with E-state index in [0.29, 0.717) is 11.3 Å². The molecule has 2 aromatic heterocycles. The molecule has 1 aromatic carbocycles. The minimum absolute atomic E-state index is 0.140. The highest BCUT2D eigenvalue weighted by atomic mass is 32.1.